The van der Waals surface area contributed by atoms with Gasteiger partial charge in [0.15, 0.2) is 0 Å². The molecule has 2 saturated heterocycles. The Morgan fingerprint density at radius 3 is 3.10 bits per heavy atom. The number of para-hydroxylation sites is 1. The highest BCUT2D eigenvalue weighted by molar-refractivity contribution is 7.18. The molecule has 4 heteroatoms. The molecule has 4 rings (SSSR count). The molecule has 0 radical (unpaired) electrons. The largest absolute Gasteiger partial charge is 0.304 e. The van der Waals surface area contributed by atoms with E-state index in [0.717, 1.165) is 11.6 Å². The van der Waals surface area contributed by atoms with Crippen molar-refractivity contribution < 1.29 is 0 Å². The number of fused-ring (bicyclic) bond motifs is 2. The summed E-state index contributed by atoms with van der Waals surface area (Å²) in [5.41, 5.74) is 1.13. The van der Waals surface area contributed by atoms with E-state index in [1.165, 1.54) is 42.1 Å². The smallest absolute Gasteiger partial charge is 0.111 e. The number of aromatic nitrogens is 1. The molecule has 1 aromatic carbocycles. The molecule has 0 spiro atoms. The highest BCUT2D eigenvalue weighted by Crippen LogP contribution is 2.31. The van der Waals surface area contributed by atoms with Gasteiger partial charge >= 0.3 is 0 Å². The summed E-state index contributed by atoms with van der Waals surface area (Å²) < 4.78 is 1.30. The fraction of sp³-hybridized carbons (Fsp3) is 0.562. The Bertz CT molecular complexity index is 576. The number of rotatable bonds is 3. The van der Waals surface area contributed by atoms with Crippen molar-refractivity contribution in [2.75, 3.05) is 13.1 Å². The standard InChI is InChI=1S/C16H21N3S/c1-11(16-18-13-5-2-3-7-15(13)20-16)17-12-8-10-19-9-4-6-14(12)19/h2-3,5,7,11-12,14,17H,4,6,8-10H2,1H3. The van der Waals surface area contributed by atoms with Crippen molar-refractivity contribution in [2.45, 2.75) is 44.3 Å². The van der Waals surface area contributed by atoms with Gasteiger partial charge in [0.2, 0.25) is 0 Å². The fourth-order valence-electron chi connectivity index (χ4n) is 3.74. The molecule has 3 unspecified atom stereocenters. The Balaban J connectivity index is 1.51. The van der Waals surface area contributed by atoms with E-state index in [-0.39, 0.29) is 0 Å². The van der Waals surface area contributed by atoms with Gasteiger partial charge in [-0.15, -0.1) is 11.3 Å². The summed E-state index contributed by atoms with van der Waals surface area (Å²) in [5.74, 6) is 0. The van der Waals surface area contributed by atoms with E-state index < -0.39 is 0 Å². The van der Waals surface area contributed by atoms with Gasteiger partial charge in [-0.05, 0) is 44.9 Å². The molecule has 2 aliphatic rings. The zero-order valence-electron chi connectivity index (χ0n) is 11.9. The van der Waals surface area contributed by atoms with Gasteiger partial charge < -0.3 is 5.32 Å². The lowest BCUT2D eigenvalue weighted by Gasteiger charge is -2.24. The SMILES string of the molecule is CC(NC1CCN2CCCC12)c1nc2ccccc2s1. The van der Waals surface area contributed by atoms with E-state index >= 15 is 0 Å². The molecule has 3 heterocycles. The van der Waals surface area contributed by atoms with Gasteiger partial charge in [0, 0.05) is 18.6 Å². The first-order valence-corrected chi connectivity index (χ1v) is 8.48. The molecule has 0 amide bonds. The lowest BCUT2D eigenvalue weighted by atomic mass is 10.1. The second kappa shape index (κ2) is 5.10. The topological polar surface area (TPSA) is 28.2 Å². The monoisotopic (exact) mass is 287 g/mol. The zero-order chi connectivity index (χ0) is 13.5. The predicted octanol–water partition coefficient (Wildman–Crippen LogP) is 3.18. The molecular formula is C16H21N3S. The summed E-state index contributed by atoms with van der Waals surface area (Å²) in [6.45, 7) is 4.84. The highest BCUT2D eigenvalue weighted by atomic mass is 32.1. The van der Waals surface area contributed by atoms with Gasteiger partial charge in [0.1, 0.15) is 5.01 Å². The molecule has 3 nitrogen and oxygen atoms in total. The average molecular weight is 287 g/mol. The summed E-state index contributed by atoms with van der Waals surface area (Å²) in [4.78, 5) is 7.44. The van der Waals surface area contributed by atoms with Crippen molar-refractivity contribution in [3.8, 4) is 0 Å². The summed E-state index contributed by atoms with van der Waals surface area (Å²) >= 11 is 1.83. The van der Waals surface area contributed by atoms with Crippen molar-refractivity contribution in [3.05, 3.63) is 29.3 Å². The van der Waals surface area contributed by atoms with Crippen LogP contribution in [0.4, 0.5) is 0 Å². The lowest BCUT2D eigenvalue weighted by Crippen LogP contribution is -2.40. The van der Waals surface area contributed by atoms with E-state index in [1.54, 1.807) is 0 Å². The third-order valence-electron chi connectivity index (χ3n) is 4.75. The van der Waals surface area contributed by atoms with Crippen molar-refractivity contribution in [1.82, 2.24) is 15.2 Å². The van der Waals surface area contributed by atoms with Crippen molar-refractivity contribution in [1.29, 1.82) is 0 Å². The van der Waals surface area contributed by atoms with E-state index in [9.17, 15) is 0 Å². The Hall–Kier alpha value is -0.970. The normalized spacial score (nSPS) is 28.1. The van der Waals surface area contributed by atoms with Crippen LogP contribution in [0, 0.1) is 0 Å². The number of nitrogens with one attached hydrogen (secondary N) is 1. The number of benzene rings is 1. The minimum atomic E-state index is 0.359. The van der Waals surface area contributed by atoms with Crippen molar-refractivity contribution >= 4 is 21.6 Å². The van der Waals surface area contributed by atoms with Crippen LogP contribution in [-0.2, 0) is 0 Å². The van der Waals surface area contributed by atoms with Crippen LogP contribution < -0.4 is 5.32 Å². The first-order chi connectivity index (χ1) is 9.81. The van der Waals surface area contributed by atoms with Crippen LogP contribution in [0.25, 0.3) is 10.2 Å². The third-order valence-corrected chi connectivity index (χ3v) is 5.97. The van der Waals surface area contributed by atoms with Crippen LogP contribution in [0.1, 0.15) is 37.2 Å². The molecule has 106 valence electrons. The van der Waals surface area contributed by atoms with Gasteiger partial charge in [0.05, 0.1) is 16.3 Å². The minimum absolute atomic E-state index is 0.359. The number of nitrogens with zero attached hydrogens (tertiary/aromatic N) is 2. The maximum atomic E-state index is 4.78. The van der Waals surface area contributed by atoms with Crippen molar-refractivity contribution in [3.63, 3.8) is 0 Å². The molecule has 0 bridgehead atoms. The predicted molar refractivity (Wildman–Crippen MR) is 84.2 cm³/mol. The van der Waals surface area contributed by atoms with Crippen LogP contribution in [0.2, 0.25) is 0 Å². The van der Waals surface area contributed by atoms with E-state index in [4.69, 9.17) is 4.98 Å². The van der Waals surface area contributed by atoms with Crippen molar-refractivity contribution in [2.24, 2.45) is 0 Å². The van der Waals surface area contributed by atoms with E-state index in [1.807, 2.05) is 11.3 Å². The molecular weight excluding hydrogens is 266 g/mol. The van der Waals surface area contributed by atoms with Gasteiger partial charge in [0.25, 0.3) is 0 Å². The van der Waals surface area contributed by atoms with Crippen LogP contribution in [0.15, 0.2) is 24.3 Å². The summed E-state index contributed by atoms with van der Waals surface area (Å²) in [7, 11) is 0. The molecule has 0 aliphatic carbocycles. The molecule has 1 aromatic heterocycles. The average Bonchev–Trinajstić information content (AvgIpc) is 3.13. The van der Waals surface area contributed by atoms with E-state index in [0.29, 0.717) is 12.1 Å². The first-order valence-electron chi connectivity index (χ1n) is 7.67. The second-order valence-electron chi connectivity index (χ2n) is 6.05. The first kappa shape index (κ1) is 12.7. The maximum Gasteiger partial charge on any atom is 0.111 e. The molecule has 2 aliphatic heterocycles. The second-order valence-corrected chi connectivity index (χ2v) is 7.11. The lowest BCUT2D eigenvalue weighted by molar-refractivity contribution is 0.291. The summed E-state index contributed by atoms with van der Waals surface area (Å²) in [5, 5.41) is 5.06. The third kappa shape index (κ3) is 2.16. The fourth-order valence-corrected chi connectivity index (χ4v) is 4.72. The van der Waals surface area contributed by atoms with E-state index in [2.05, 4.69) is 41.4 Å². The van der Waals surface area contributed by atoms with Crippen LogP contribution in [0.5, 0.6) is 0 Å². The quantitative estimate of drug-likeness (QED) is 0.940. The van der Waals surface area contributed by atoms with Gasteiger partial charge in [-0.2, -0.15) is 0 Å². The number of thiazole rings is 1. The van der Waals surface area contributed by atoms with Gasteiger partial charge in [-0.3, -0.25) is 4.90 Å². The van der Waals surface area contributed by atoms with Crippen LogP contribution in [0.3, 0.4) is 0 Å². The maximum absolute atomic E-state index is 4.78. The Morgan fingerprint density at radius 2 is 2.20 bits per heavy atom. The Morgan fingerprint density at radius 1 is 1.30 bits per heavy atom. The van der Waals surface area contributed by atoms with Crippen LogP contribution in [-0.4, -0.2) is 35.1 Å². The molecule has 1 N–H and O–H groups in total. The van der Waals surface area contributed by atoms with Crippen LogP contribution >= 0.6 is 11.3 Å². The summed E-state index contributed by atoms with van der Waals surface area (Å²) in [6.07, 6.45) is 4.03. The van der Waals surface area contributed by atoms with Gasteiger partial charge in [-0.25, -0.2) is 4.98 Å². The highest BCUT2D eigenvalue weighted by Gasteiger charge is 2.37. The number of hydrogen-bond acceptors (Lipinski definition) is 4. The molecule has 3 atom stereocenters. The summed E-state index contributed by atoms with van der Waals surface area (Å²) in [6, 6.07) is 10.2. The Kier molecular flexibility index (Phi) is 3.25. The zero-order valence-corrected chi connectivity index (χ0v) is 12.7. The number of hydrogen-bond donors (Lipinski definition) is 1. The van der Waals surface area contributed by atoms with Gasteiger partial charge in [-0.1, -0.05) is 12.1 Å². The molecule has 2 fully saturated rings. The molecule has 20 heavy (non-hydrogen) atoms. The minimum Gasteiger partial charge on any atom is -0.304 e. The molecule has 2 aromatic rings. The Labute approximate surface area is 124 Å². The molecule has 0 saturated carbocycles.